The third kappa shape index (κ3) is 3.70. The maximum Gasteiger partial charge on any atom is 0.0834 e. The lowest BCUT2D eigenvalue weighted by Crippen LogP contribution is -2.22. The van der Waals surface area contributed by atoms with E-state index in [1.165, 1.54) is 0 Å². The fourth-order valence-corrected chi connectivity index (χ4v) is 3.60. The van der Waals surface area contributed by atoms with Crippen LogP contribution in [0.15, 0.2) is 35.4 Å². The minimum absolute atomic E-state index is 0.147. The van der Waals surface area contributed by atoms with Crippen molar-refractivity contribution in [3.63, 3.8) is 0 Å². The molecule has 0 amide bonds. The first-order valence-corrected chi connectivity index (χ1v) is 8.16. The lowest BCUT2D eigenvalue weighted by molar-refractivity contribution is 0.549. The van der Waals surface area contributed by atoms with Crippen LogP contribution in [0.2, 0.25) is 10.0 Å². The molecule has 6 heteroatoms. The summed E-state index contributed by atoms with van der Waals surface area (Å²) in [5, 5.41) is 9.06. The highest BCUT2D eigenvalue weighted by molar-refractivity contribution is 7.99. The lowest BCUT2D eigenvalue weighted by atomic mass is 10.2. The summed E-state index contributed by atoms with van der Waals surface area (Å²) in [6.45, 7) is 2.87. The summed E-state index contributed by atoms with van der Waals surface area (Å²) in [7, 11) is 1.94. The van der Waals surface area contributed by atoms with Crippen molar-refractivity contribution < 1.29 is 0 Å². The molecule has 0 saturated carbocycles. The largest absolute Gasteiger partial charge is 0.311 e. The van der Waals surface area contributed by atoms with Gasteiger partial charge in [0.1, 0.15) is 0 Å². The number of aromatic nitrogens is 2. The van der Waals surface area contributed by atoms with Crippen LogP contribution in [0.1, 0.15) is 18.7 Å². The second kappa shape index (κ2) is 7.36. The molecule has 1 atom stereocenters. The van der Waals surface area contributed by atoms with Crippen LogP contribution in [0.5, 0.6) is 0 Å². The van der Waals surface area contributed by atoms with Gasteiger partial charge in [0, 0.05) is 22.2 Å². The number of nitrogens with one attached hydrogen (secondary N) is 1. The van der Waals surface area contributed by atoms with Crippen molar-refractivity contribution in [2.75, 3.05) is 12.8 Å². The van der Waals surface area contributed by atoms with Crippen molar-refractivity contribution in [1.82, 2.24) is 15.1 Å². The van der Waals surface area contributed by atoms with Gasteiger partial charge in [0.2, 0.25) is 0 Å². The zero-order valence-electron chi connectivity index (χ0n) is 11.4. The second-order valence-corrected chi connectivity index (χ2v) is 6.24. The van der Waals surface area contributed by atoms with Gasteiger partial charge in [-0.25, -0.2) is 0 Å². The van der Waals surface area contributed by atoms with Gasteiger partial charge in [0.15, 0.2) is 0 Å². The normalized spacial score (nSPS) is 12.6. The minimum Gasteiger partial charge on any atom is -0.311 e. The van der Waals surface area contributed by atoms with E-state index in [4.69, 9.17) is 23.2 Å². The molecule has 1 unspecified atom stereocenters. The van der Waals surface area contributed by atoms with E-state index in [1.54, 1.807) is 18.0 Å². The smallest absolute Gasteiger partial charge is 0.0834 e. The summed E-state index contributed by atoms with van der Waals surface area (Å²) in [6.07, 6.45) is 1.70. The van der Waals surface area contributed by atoms with E-state index in [0.29, 0.717) is 5.02 Å². The van der Waals surface area contributed by atoms with Crippen LogP contribution in [0.25, 0.3) is 0 Å². The maximum atomic E-state index is 6.25. The SMILES string of the molecule is CCn1ncc(Cl)c1C(CSc1cccc(Cl)c1)NC. The third-order valence-electron chi connectivity index (χ3n) is 3.02. The van der Waals surface area contributed by atoms with Gasteiger partial charge in [0.25, 0.3) is 0 Å². The van der Waals surface area contributed by atoms with Gasteiger partial charge < -0.3 is 5.32 Å². The van der Waals surface area contributed by atoms with Gasteiger partial charge in [0.05, 0.1) is 23.0 Å². The molecule has 0 aliphatic heterocycles. The Balaban J connectivity index is 2.11. The average Bonchev–Trinajstić information content (AvgIpc) is 2.81. The standard InChI is InChI=1S/C14H17Cl2N3S/c1-3-19-14(12(16)8-18-19)13(17-2)9-20-11-6-4-5-10(15)7-11/h4-8,13,17H,3,9H2,1-2H3. The van der Waals surface area contributed by atoms with Crippen molar-refractivity contribution in [3.8, 4) is 0 Å². The van der Waals surface area contributed by atoms with Gasteiger partial charge >= 0.3 is 0 Å². The molecule has 1 heterocycles. The van der Waals surface area contributed by atoms with E-state index in [1.807, 2.05) is 29.9 Å². The van der Waals surface area contributed by atoms with Crippen molar-refractivity contribution >= 4 is 35.0 Å². The van der Waals surface area contributed by atoms with E-state index in [0.717, 1.165) is 27.9 Å². The molecule has 108 valence electrons. The molecule has 1 aromatic carbocycles. The molecular formula is C14H17Cl2N3S. The van der Waals surface area contributed by atoms with Crippen LogP contribution in [0, 0.1) is 0 Å². The Labute approximate surface area is 133 Å². The Bertz CT molecular complexity index is 571. The molecule has 1 N–H and O–H groups in total. The van der Waals surface area contributed by atoms with Crippen molar-refractivity contribution in [2.45, 2.75) is 24.4 Å². The molecule has 0 aliphatic rings. The van der Waals surface area contributed by atoms with E-state index in [-0.39, 0.29) is 6.04 Å². The zero-order chi connectivity index (χ0) is 14.5. The highest BCUT2D eigenvalue weighted by atomic mass is 35.5. The predicted molar refractivity (Wildman–Crippen MR) is 86.9 cm³/mol. The molecule has 1 aromatic heterocycles. The summed E-state index contributed by atoms with van der Waals surface area (Å²) >= 11 is 14.0. The third-order valence-corrected chi connectivity index (χ3v) is 4.64. The Kier molecular flexibility index (Phi) is 5.78. The molecule has 0 fully saturated rings. The lowest BCUT2D eigenvalue weighted by Gasteiger charge is -2.18. The van der Waals surface area contributed by atoms with Gasteiger partial charge in [-0.1, -0.05) is 29.3 Å². The molecule has 0 saturated heterocycles. The second-order valence-electron chi connectivity index (χ2n) is 4.30. The molecule has 0 radical (unpaired) electrons. The van der Waals surface area contributed by atoms with Gasteiger partial charge in [-0.15, -0.1) is 11.8 Å². The number of hydrogen-bond acceptors (Lipinski definition) is 3. The first-order valence-electron chi connectivity index (χ1n) is 6.42. The number of halogens is 2. The summed E-state index contributed by atoms with van der Waals surface area (Å²) < 4.78 is 1.93. The van der Waals surface area contributed by atoms with Crippen LogP contribution in [0.4, 0.5) is 0 Å². The molecule has 3 nitrogen and oxygen atoms in total. The Morgan fingerprint density at radius 2 is 2.20 bits per heavy atom. The number of hydrogen-bond donors (Lipinski definition) is 1. The van der Waals surface area contributed by atoms with Gasteiger partial charge in [-0.05, 0) is 32.2 Å². The number of aryl methyl sites for hydroxylation is 1. The summed E-state index contributed by atoms with van der Waals surface area (Å²) in [6, 6.07) is 8.01. The first kappa shape index (κ1) is 15.7. The van der Waals surface area contributed by atoms with Crippen LogP contribution in [-0.2, 0) is 6.54 Å². The van der Waals surface area contributed by atoms with E-state index in [9.17, 15) is 0 Å². The molecular weight excluding hydrogens is 313 g/mol. The Morgan fingerprint density at radius 1 is 1.40 bits per heavy atom. The molecule has 0 spiro atoms. The van der Waals surface area contributed by atoms with E-state index < -0.39 is 0 Å². The van der Waals surface area contributed by atoms with E-state index >= 15 is 0 Å². The highest BCUT2D eigenvalue weighted by Crippen LogP contribution is 2.29. The predicted octanol–water partition coefficient (Wildman–Crippen LogP) is 4.26. The monoisotopic (exact) mass is 329 g/mol. The number of thioether (sulfide) groups is 1. The Morgan fingerprint density at radius 3 is 2.85 bits per heavy atom. The first-order chi connectivity index (χ1) is 9.65. The van der Waals surface area contributed by atoms with Crippen molar-refractivity contribution in [1.29, 1.82) is 0 Å². The average molecular weight is 330 g/mol. The van der Waals surface area contributed by atoms with Gasteiger partial charge in [-0.3, -0.25) is 4.68 Å². The fourth-order valence-electron chi connectivity index (χ4n) is 2.01. The van der Waals surface area contributed by atoms with Crippen molar-refractivity contribution in [3.05, 3.63) is 46.2 Å². The minimum atomic E-state index is 0.147. The number of benzene rings is 1. The summed E-state index contributed by atoms with van der Waals surface area (Å²) in [4.78, 5) is 1.15. The Hall–Kier alpha value is -0.680. The topological polar surface area (TPSA) is 29.9 Å². The van der Waals surface area contributed by atoms with Gasteiger partial charge in [-0.2, -0.15) is 5.10 Å². The number of nitrogens with zero attached hydrogens (tertiary/aromatic N) is 2. The quantitative estimate of drug-likeness (QED) is 0.803. The molecule has 0 aliphatic carbocycles. The van der Waals surface area contributed by atoms with Crippen LogP contribution in [-0.4, -0.2) is 22.6 Å². The van der Waals surface area contributed by atoms with Crippen molar-refractivity contribution in [2.24, 2.45) is 0 Å². The molecule has 0 bridgehead atoms. The molecule has 2 aromatic rings. The van der Waals surface area contributed by atoms with Crippen LogP contribution < -0.4 is 5.32 Å². The number of rotatable bonds is 6. The summed E-state index contributed by atoms with van der Waals surface area (Å²) in [5.74, 6) is 0.863. The fraction of sp³-hybridized carbons (Fsp3) is 0.357. The zero-order valence-corrected chi connectivity index (χ0v) is 13.8. The van der Waals surface area contributed by atoms with E-state index in [2.05, 4.69) is 23.4 Å². The highest BCUT2D eigenvalue weighted by Gasteiger charge is 2.18. The summed E-state index contributed by atoms with van der Waals surface area (Å²) in [5.41, 5.74) is 1.03. The van der Waals surface area contributed by atoms with Crippen LogP contribution in [0.3, 0.4) is 0 Å². The molecule has 20 heavy (non-hydrogen) atoms. The maximum absolute atomic E-state index is 6.25. The van der Waals surface area contributed by atoms with Crippen LogP contribution >= 0.6 is 35.0 Å². The molecule has 2 rings (SSSR count).